The van der Waals surface area contributed by atoms with E-state index in [0.717, 1.165) is 12.8 Å². The van der Waals surface area contributed by atoms with Gasteiger partial charge in [0.2, 0.25) is 0 Å². The molecule has 1 aromatic rings. The summed E-state index contributed by atoms with van der Waals surface area (Å²) in [4.78, 5) is 0. The van der Waals surface area contributed by atoms with Crippen molar-refractivity contribution in [2.24, 2.45) is 11.3 Å². The summed E-state index contributed by atoms with van der Waals surface area (Å²) in [5.41, 5.74) is -0.0139. The van der Waals surface area contributed by atoms with E-state index in [1.165, 1.54) is 0 Å². The summed E-state index contributed by atoms with van der Waals surface area (Å²) in [6.45, 7) is 6.75. The van der Waals surface area contributed by atoms with Gasteiger partial charge >= 0.3 is 0 Å². The van der Waals surface area contributed by atoms with Crippen LogP contribution < -0.4 is 4.74 Å². The average Bonchev–Trinajstić information content (AvgIpc) is 2.52. The van der Waals surface area contributed by atoms with Gasteiger partial charge in [0.15, 0.2) is 0 Å². The molecule has 0 bridgehead atoms. The summed E-state index contributed by atoms with van der Waals surface area (Å²) in [6, 6.07) is 7.22. The molecule has 0 amide bonds. The molecule has 1 unspecified atom stereocenters. The predicted molar refractivity (Wildman–Crippen MR) is 92.1 cm³/mol. The van der Waals surface area contributed by atoms with Crippen molar-refractivity contribution < 1.29 is 14.9 Å². The number of rotatable bonds is 2. The number of methoxy groups -OCH3 is 1. The topological polar surface area (TPSA) is 49.7 Å². The zero-order valence-electron chi connectivity index (χ0n) is 14.6. The molecule has 0 aliphatic heterocycles. The van der Waals surface area contributed by atoms with E-state index in [0.29, 0.717) is 30.1 Å². The zero-order valence-corrected chi connectivity index (χ0v) is 14.6. The quantitative estimate of drug-likeness (QED) is 0.818. The lowest BCUT2D eigenvalue weighted by Gasteiger charge is -2.39. The van der Waals surface area contributed by atoms with Crippen molar-refractivity contribution in [3.8, 4) is 17.6 Å². The van der Waals surface area contributed by atoms with E-state index < -0.39 is 11.7 Å². The van der Waals surface area contributed by atoms with Crippen LogP contribution in [-0.2, 0) is 0 Å². The molecule has 23 heavy (non-hydrogen) atoms. The minimum absolute atomic E-state index is 0.273. The summed E-state index contributed by atoms with van der Waals surface area (Å²) < 4.78 is 5.15. The molecule has 0 heterocycles. The first-order chi connectivity index (χ1) is 10.7. The summed E-state index contributed by atoms with van der Waals surface area (Å²) in [7, 11) is 1.59. The van der Waals surface area contributed by atoms with Gasteiger partial charge in [-0.25, -0.2) is 0 Å². The number of aliphatic hydroxyl groups is 2. The van der Waals surface area contributed by atoms with E-state index in [-0.39, 0.29) is 5.41 Å². The lowest BCUT2D eigenvalue weighted by molar-refractivity contribution is 0.0209. The molecule has 1 aliphatic rings. The molecular formula is C20H28O3. The highest BCUT2D eigenvalue weighted by atomic mass is 16.5. The molecule has 1 saturated carbocycles. The lowest BCUT2D eigenvalue weighted by Crippen LogP contribution is -2.36. The summed E-state index contributed by atoms with van der Waals surface area (Å²) >= 11 is 0. The summed E-state index contributed by atoms with van der Waals surface area (Å²) in [5, 5.41) is 20.9. The molecular weight excluding hydrogens is 288 g/mol. The Hall–Kier alpha value is -1.50. The van der Waals surface area contributed by atoms with Crippen molar-refractivity contribution in [2.75, 3.05) is 7.11 Å². The third-order valence-electron chi connectivity index (χ3n) is 4.89. The van der Waals surface area contributed by atoms with Crippen LogP contribution in [0, 0.1) is 23.2 Å². The third kappa shape index (κ3) is 4.73. The Bertz CT molecular complexity index is 581. The normalized spacial score (nSPS) is 26.1. The van der Waals surface area contributed by atoms with Crippen LogP contribution in [-0.4, -0.2) is 22.9 Å². The maximum absolute atomic E-state index is 10.6. The van der Waals surface area contributed by atoms with E-state index >= 15 is 0 Å². The fourth-order valence-corrected chi connectivity index (χ4v) is 3.18. The first kappa shape index (κ1) is 17.8. The van der Waals surface area contributed by atoms with Crippen LogP contribution in [0.2, 0.25) is 0 Å². The van der Waals surface area contributed by atoms with E-state index in [1.54, 1.807) is 13.2 Å². The number of benzene rings is 1. The maximum atomic E-state index is 10.6. The van der Waals surface area contributed by atoms with Gasteiger partial charge in [0.1, 0.15) is 17.5 Å². The van der Waals surface area contributed by atoms with Crippen LogP contribution in [0.5, 0.6) is 5.75 Å². The fraction of sp³-hybridized carbons (Fsp3) is 0.600. The van der Waals surface area contributed by atoms with Gasteiger partial charge in [-0.3, -0.25) is 0 Å². The van der Waals surface area contributed by atoms with E-state index in [4.69, 9.17) is 4.74 Å². The van der Waals surface area contributed by atoms with Crippen LogP contribution in [0.1, 0.15) is 58.1 Å². The smallest absolute Gasteiger partial charge is 0.140 e. The van der Waals surface area contributed by atoms with Gasteiger partial charge in [0.25, 0.3) is 0 Å². The second-order valence-corrected chi connectivity index (χ2v) is 7.62. The van der Waals surface area contributed by atoms with Gasteiger partial charge in [0, 0.05) is 0 Å². The second kappa shape index (κ2) is 6.95. The van der Waals surface area contributed by atoms with Crippen molar-refractivity contribution in [3.63, 3.8) is 0 Å². The number of hydrogen-bond acceptors (Lipinski definition) is 3. The SMILES string of the molecule is COc1cccc(C(O)C#CC2(O)CCC(C(C)(C)C)CC2)c1. The van der Waals surface area contributed by atoms with Gasteiger partial charge in [-0.15, -0.1) is 0 Å². The van der Waals surface area contributed by atoms with Crippen molar-refractivity contribution in [1.82, 2.24) is 0 Å². The Kier molecular flexibility index (Phi) is 5.39. The predicted octanol–water partition coefficient (Wildman–Crippen LogP) is 3.70. The Morgan fingerprint density at radius 3 is 2.48 bits per heavy atom. The molecule has 3 nitrogen and oxygen atoms in total. The Morgan fingerprint density at radius 2 is 1.91 bits per heavy atom. The highest BCUT2D eigenvalue weighted by Gasteiger charge is 2.36. The molecule has 126 valence electrons. The second-order valence-electron chi connectivity index (χ2n) is 7.62. The maximum Gasteiger partial charge on any atom is 0.140 e. The molecule has 2 rings (SSSR count). The van der Waals surface area contributed by atoms with Gasteiger partial charge in [-0.2, -0.15) is 0 Å². The monoisotopic (exact) mass is 316 g/mol. The average molecular weight is 316 g/mol. The Balaban J connectivity index is 2.03. The van der Waals surface area contributed by atoms with Crippen molar-refractivity contribution >= 4 is 0 Å². The van der Waals surface area contributed by atoms with E-state index in [2.05, 4.69) is 32.6 Å². The number of aliphatic hydroxyl groups excluding tert-OH is 1. The summed E-state index contributed by atoms with van der Waals surface area (Å²) in [5.74, 6) is 7.04. The largest absolute Gasteiger partial charge is 0.497 e. The van der Waals surface area contributed by atoms with Gasteiger partial charge in [0.05, 0.1) is 7.11 Å². The highest BCUT2D eigenvalue weighted by Crippen LogP contribution is 2.41. The molecule has 0 aromatic heterocycles. The lowest BCUT2D eigenvalue weighted by atomic mass is 9.68. The Morgan fingerprint density at radius 1 is 1.26 bits per heavy atom. The van der Waals surface area contributed by atoms with Crippen LogP contribution in [0.3, 0.4) is 0 Å². The highest BCUT2D eigenvalue weighted by molar-refractivity contribution is 5.34. The van der Waals surface area contributed by atoms with Crippen LogP contribution in [0.4, 0.5) is 0 Å². The van der Waals surface area contributed by atoms with Crippen LogP contribution in [0.15, 0.2) is 24.3 Å². The molecule has 2 N–H and O–H groups in total. The van der Waals surface area contributed by atoms with Crippen molar-refractivity contribution in [2.45, 2.75) is 58.2 Å². The zero-order chi connectivity index (χ0) is 17.1. The molecule has 0 spiro atoms. The first-order valence-corrected chi connectivity index (χ1v) is 8.31. The minimum atomic E-state index is -0.971. The van der Waals surface area contributed by atoms with Gasteiger partial charge in [-0.1, -0.05) is 44.7 Å². The first-order valence-electron chi connectivity index (χ1n) is 8.31. The standard InChI is InChI=1S/C20H28O3/c1-19(2,3)16-8-11-20(22,12-9-16)13-10-18(21)15-6-5-7-17(14-15)23-4/h5-7,14,16,18,21-22H,8-9,11-12H2,1-4H3. The van der Waals surface area contributed by atoms with Gasteiger partial charge in [-0.05, 0) is 54.7 Å². The van der Waals surface area contributed by atoms with Crippen LogP contribution in [0.25, 0.3) is 0 Å². The minimum Gasteiger partial charge on any atom is -0.497 e. The molecule has 1 fully saturated rings. The molecule has 0 radical (unpaired) electrons. The molecule has 3 heteroatoms. The molecule has 0 saturated heterocycles. The molecule has 1 aliphatic carbocycles. The third-order valence-corrected chi connectivity index (χ3v) is 4.89. The van der Waals surface area contributed by atoms with Gasteiger partial charge < -0.3 is 14.9 Å². The fourth-order valence-electron chi connectivity index (χ4n) is 3.18. The Labute approximate surface area is 139 Å². The molecule has 1 atom stereocenters. The number of hydrogen-bond donors (Lipinski definition) is 2. The van der Waals surface area contributed by atoms with Crippen LogP contribution >= 0.6 is 0 Å². The number of ether oxygens (including phenoxy) is 1. The molecule has 1 aromatic carbocycles. The van der Waals surface area contributed by atoms with Crippen molar-refractivity contribution in [1.29, 1.82) is 0 Å². The summed E-state index contributed by atoms with van der Waals surface area (Å²) in [6.07, 6.45) is 2.39. The van der Waals surface area contributed by atoms with E-state index in [1.807, 2.05) is 18.2 Å². The van der Waals surface area contributed by atoms with Crippen molar-refractivity contribution in [3.05, 3.63) is 29.8 Å². The van der Waals surface area contributed by atoms with E-state index in [9.17, 15) is 10.2 Å².